The van der Waals surface area contributed by atoms with Crippen LogP contribution in [0.5, 0.6) is 0 Å². The molecule has 1 fully saturated rings. The zero-order valence-corrected chi connectivity index (χ0v) is 10.1. The molecular weight excluding hydrogens is 217 g/mol. The number of piperidine rings is 1. The van der Waals surface area contributed by atoms with Crippen LogP contribution in [0.3, 0.4) is 0 Å². The van der Waals surface area contributed by atoms with Crippen LogP contribution >= 0.6 is 0 Å². The Bertz CT molecular complexity index is 388. The summed E-state index contributed by atoms with van der Waals surface area (Å²) >= 11 is 0. The van der Waals surface area contributed by atoms with Crippen molar-refractivity contribution in [2.45, 2.75) is 44.7 Å². The lowest BCUT2D eigenvalue weighted by Crippen LogP contribution is -2.41. The zero-order chi connectivity index (χ0) is 12.3. The van der Waals surface area contributed by atoms with E-state index in [0.717, 1.165) is 6.42 Å². The van der Waals surface area contributed by atoms with Gasteiger partial charge in [0.25, 0.3) is 0 Å². The van der Waals surface area contributed by atoms with Gasteiger partial charge in [0.05, 0.1) is 0 Å². The average molecular weight is 235 g/mol. The number of carbonyl (C=O) groups is 1. The van der Waals surface area contributed by atoms with Gasteiger partial charge in [-0.2, -0.15) is 0 Å². The molecule has 0 amide bonds. The first-order valence-electron chi connectivity index (χ1n) is 6.20. The molecule has 92 valence electrons. The van der Waals surface area contributed by atoms with Crippen LogP contribution in [-0.4, -0.2) is 17.9 Å². The summed E-state index contributed by atoms with van der Waals surface area (Å²) in [6.07, 6.45) is 3.92. The number of carbonyl (C=O) groups excluding carboxylic acids is 1. The van der Waals surface area contributed by atoms with Crippen LogP contribution in [0.1, 0.15) is 43.0 Å². The third-order valence-electron chi connectivity index (χ3n) is 3.31. The third-order valence-corrected chi connectivity index (χ3v) is 3.31. The lowest BCUT2D eigenvalue weighted by molar-refractivity contribution is 0.0960. The summed E-state index contributed by atoms with van der Waals surface area (Å²) in [6.45, 7) is 2.15. The molecule has 1 aliphatic heterocycles. The Morgan fingerprint density at radius 2 is 2.06 bits per heavy atom. The highest BCUT2D eigenvalue weighted by molar-refractivity contribution is 5.96. The molecule has 0 bridgehead atoms. The molecule has 3 heteroatoms. The number of nitrogens with one attached hydrogen (secondary N) is 1. The fourth-order valence-corrected chi connectivity index (χ4v) is 2.38. The van der Waals surface area contributed by atoms with E-state index in [0.29, 0.717) is 18.0 Å². The Kier molecular flexibility index (Phi) is 3.89. The van der Waals surface area contributed by atoms with Crippen molar-refractivity contribution in [2.75, 3.05) is 0 Å². The molecule has 0 aliphatic carbocycles. The second-order valence-electron chi connectivity index (χ2n) is 4.83. The van der Waals surface area contributed by atoms with Gasteiger partial charge < -0.3 is 5.32 Å². The van der Waals surface area contributed by atoms with E-state index in [1.165, 1.54) is 25.0 Å². The van der Waals surface area contributed by atoms with E-state index >= 15 is 0 Å². The molecule has 1 N–H and O–H groups in total. The van der Waals surface area contributed by atoms with Crippen molar-refractivity contribution in [3.05, 3.63) is 35.6 Å². The van der Waals surface area contributed by atoms with Crippen LogP contribution in [0.25, 0.3) is 0 Å². The fourth-order valence-electron chi connectivity index (χ4n) is 2.38. The van der Waals surface area contributed by atoms with Crippen molar-refractivity contribution >= 4 is 5.78 Å². The van der Waals surface area contributed by atoms with Gasteiger partial charge in [0.1, 0.15) is 5.82 Å². The molecule has 2 rings (SSSR count). The van der Waals surface area contributed by atoms with Gasteiger partial charge in [-0.05, 0) is 44.0 Å². The van der Waals surface area contributed by atoms with Crippen molar-refractivity contribution in [3.63, 3.8) is 0 Å². The number of rotatable bonds is 3. The predicted octanol–water partition coefficient (Wildman–Crippen LogP) is 2.93. The van der Waals surface area contributed by atoms with Crippen molar-refractivity contribution in [1.82, 2.24) is 5.32 Å². The lowest BCUT2D eigenvalue weighted by atomic mass is 9.94. The van der Waals surface area contributed by atoms with Gasteiger partial charge in [-0.15, -0.1) is 0 Å². The molecule has 0 radical (unpaired) electrons. The molecule has 2 nitrogen and oxygen atoms in total. The van der Waals surface area contributed by atoms with E-state index in [4.69, 9.17) is 0 Å². The molecule has 0 aromatic heterocycles. The lowest BCUT2D eigenvalue weighted by Gasteiger charge is -2.28. The molecule has 2 unspecified atom stereocenters. The van der Waals surface area contributed by atoms with Crippen LogP contribution in [0.15, 0.2) is 24.3 Å². The van der Waals surface area contributed by atoms with E-state index in [1.54, 1.807) is 12.1 Å². The largest absolute Gasteiger partial charge is 0.311 e. The quantitative estimate of drug-likeness (QED) is 0.816. The average Bonchev–Trinajstić information content (AvgIpc) is 2.29. The van der Waals surface area contributed by atoms with Crippen LogP contribution in [0, 0.1) is 5.82 Å². The van der Waals surface area contributed by atoms with Gasteiger partial charge in [0.2, 0.25) is 0 Å². The van der Waals surface area contributed by atoms with Gasteiger partial charge in [-0.25, -0.2) is 4.39 Å². The van der Waals surface area contributed by atoms with Gasteiger partial charge in [-0.1, -0.05) is 6.42 Å². The minimum absolute atomic E-state index is 0.0941. The number of hydrogen-bond acceptors (Lipinski definition) is 2. The molecular formula is C14H18FNO. The molecule has 1 saturated heterocycles. The highest BCUT2D eigenvalue weighted by Gasteiger charge is 2.20. The van der Waals surface area contributed by atoms with E-state index in [-0.39, 0.29) is 17.6 Å². The molecule has 2 atom stereocenters. The Balaban J connectivity index is 1.94. The minimum atomic E-state index is -0.300. The van der Waals surface area contributed by atoms with Gasteiger partial charge in [0, 0.05) is 24.1 Å². The van der Waals surface area contributed by atoms with E-state index in [2.05, 4.69) is 12.2 Å². The highest BCUT2D eigenvalue weighted by atomic mass is 19.1. The number of ketones is 1. The summed E-state index contributed by atoms with van der Waals surface area (Å²) in [5, 5.41) is 3.43. The Morgan fingerprint density at radius 3 is 2.71 bits per heavy atom. The second kappa shape index (κ2) is 5.41. The standard InChI is InChI=1S/C14H18FNO/c1-10-3-2-4-13(16-10)9-14(17)11-5-7-12(15)8-6-11/h5-8,10,13,16H,2-4,9H2,1H3. The van der Waals surface area contributed by atoms with Crippen LogP contribution in [0.2, 0.25) is 0 Å². The summed E-state index contributed by atoms with van der Waals surface area (Å²) in [6, 6.07) is 6.56. The SMILES string of the molecule is CC1CCCC(CC(=O)c2ccc(F)cc2)N1. The van der Waals surface area contributed by atoms with Gasteiger partial charge in [-0.3, -0.25) is 4.79 Å². The van der Waals surface area contributed by atoms with E-state index in [9.17, 15) is 9.18 Å². The second-order valence-corrected chi connectivity index (χ2v) is 4.83. The number of hydrogen-bond donors (Lipinski definition) is 1. The molecule has 1 aromatic rings. The van der Waals surface area contributed by atoms with E-state index in [1.807, 2.05) is 0 Å². The molecule has 1 aromatic carbocycles. The van der Waals surface area contributed by atoms with Crippen LogP contribution in [-0.2, 0) is 0 Å². The summed E-state index contributed by atoms with van der Waals surface area (Å²) < 4.78 is 12.7. The van der Waals surface area contributed by atoms with Crippen molar-refractivity contribution < 1.29 is 9.18 Å². The molecule has 17 heavy (non-hydrogen) atoms. The monoisotopic (exact) mass is 235 g/mol. The summed E-state index contributed by atoms with van der Waals surface area (Å²) in [4.78, 5) is 12.0. The summed E-state index contributed by atoms with van der Waals surface area (Å²) in [5.74, 6) is -0.206. The van der Waals surface area contributed by atoms with Crippen molar-refractivity contribution in [3.8, 4) is 0 Å². The van der Waals surface area contributed by atoms with Crippen molar-refractivity contribution in [1.29, 1.82) is 0 Å². The smallest absolute Gasteiger partial charge is 0.164 e. The van der Waals surface area contributed by atoms with Crippen LogP contribution < -0.4 is 5.32 Å². The first-order chi connectivity index (χ1) is 8.15. The highest BCUT2D eigenvalue weighted by Crippen LogP contribution is 2.17. The van der Waals surface area contributed by atoms with Gasteiger partial charge >= 0.3 is 0 Å². The molecule has 1 aliphatic rings. The van der Waals surface area contributed by atoms with Crippen LogP contribution in [0.4, 0.5) is 4.39 Å². The fraction of sp³-hybridized carbons (Fsp3) is 0.500. The maximum atomic E-state index is 12.7. The maximum absolute atomic E-state index is 12.7. The predicted molar refractivity (Wildman–Crippen MR) is 65.6 cm³/mol. The molecule has 0 saturated carbocycles. The summed E-state index contributed by atoms with van der Waals surface area (Å²) in [5.41, 5.74) is 0.603. The maximum Gasteiger partial charge on any atom is 0.164 e. The Hall–Kier alpha value is -1.22. The first kappa shape index (κ1) is 12.2. The van der Waals surface area contributed by atoms with E-state index < -0.39 is 0 Å². The van der Waals surface area contributed by atoms with Gasteiger partial charge in [0.15, 0.2) is 5.78 Å². The number of benzene rings is 1. The number of halogens is 1. The first-order valence-corrected chi connectivity index (χ1v) is 6.20. The Labute approximate surface area is 101 Å². The molecule has 1 heterocycles. The number of Topliss-reactive ketones (excluding diaryl/α,β-unsaturated/α-hetero) is 1. The summed E-state index contributed by atoms with van der Waals surface area (Å²) in [7, 11) is 0. The molecule has 0 spiro atoms. The Morgan fingerprint density at radius 1 is 1.35 bits per heavy atom. The third kappa shape index (κ3) is 3.37. The normalized spacial score (nSPS) is 24.6. The minimum Gasteiger partial charge on any atom is -0.311 e. The zero-order valence-electron chi connectivity index (χ0n) is 10.1. The topological polar surface area (TPSA) is 29.1 Å². The van der Waals surface area contributed by atoms with Crippen molar-refractivity contribution in [2.24, 2.45) is 0 Å².